The van der Waals surface area contributed by atoms with Gasteiger partial charge in [-0.2, -0.15) is 11.8 Å². The number of thioether (sulfide) groups is 1. The van der Waals surface area contributed by atoms with Crippen LogP contribution in [0.3, 0.4) is 0 Å². The lowest BCUT2D eigenvalue weighted by Crippen LogP contribution is -2.43. The molecule has 1 heterocycles. The van der Waals surface area contributed by atoms with Gasteiger partial charge in [-0.15, -0.1) is 0 Å². The van der Waals surface area contributed by atoms with Crippen molar-refractivity contribution in [2.24, 2.45) is 0 Å². The summed E-state index contributed by atoms with van der Waals surface area (Å²) >= 11 is 1.80. The molecule has 0 spiro atoms. The summed E-state index contributed by atoms with van der Waals surface area (Å²) in [5.74, 6) is 0.0112. The van der Waals surface area contributed by atoms with Gasteiger partial charge in [0.25, 0.3) is 0 Å². The summed E-state index contributed by atoms with van der Waals surface area (Å²) in [5, 5.41) is 12.4. The van der Waals surface area contributed by atoms with E-state index in [1.54, 1.807) is 11.8 Å². The Bertz CT molecular complexity index is 848. The molecule has 2 aromatic carbocycles. The van der Waals surface area contributed by atoms with Gasteiger partial charge in [-0.05, 0) is 47.3 Å². The topological polar surface area (TPSA) is 75.6 Å². The standard InChI is InChI=1S/C23H25NO4S/c25-22(26)21(13-15-7-5-6-12-29-15)24-23(27)28-14-20-18-10-3-1-8-16(18)17-9-2-4-11-19(17)20/h1-4,8-11,15,20-21H,5-7,12-14H2,(H,24,27)(H,25,26)/t15?,21-/m1/s1. The maximum atomic E-state index is 12.4. The van der Waals surface area contributed by atoms with Gasteiger partial charge in [-0.3, -0.25) is 0 Å². The second-order valence-corrected chi connectivity index (χ2v) is 8.99. The second kappa shape index (κ2) is 8.91. The first kappa shape index (κ1) is 19.8. The zero-order chi connectivity index (χ0) is 20.2. The van der Waals surface area contributed by atoms with Crippen molar-refractivity contribution in [2.75, 3.05) is 12.4 Å². The van der Waals surface area contributed by atoms with E-state index in [4.69, 9.17) is 4.74 Å². The fourth-order valence-corrected chi connectivity index (χ4v) is 5.63. The molecular weight excluding hydrogens is 386 g/mol. The molecule has 0 bridgehead atoms. The third kappa shape index (κ3) is 4.42. The number of carbonyl (C=O) groups is 2. The number of fused-ring (bicyclic) bond motifs is 3. The molecule has 1 amide bonds. The number of carboxylic acid groups (broad SMARTS) is 1. The monoisotopic (exact) mass is 411 g/mol. The van der Waals surface area contributed by atoms with Gasteiger partial charge >= 0.3 is 12.1 Å². The van der Waals surface area contributed by atoms with Crippen LogP contribution in [0.1, 0.15) is 42.7 Å². The molecule has 1 unspecified atom stereocenters. The van der Waals surface area contributed by atoms with Crippen LogP contribution < -0.4 is 5.32 Å². The summed E-state index contributed by atoms with van der Waals surface area (Å²) in [7, 11) is 0. The van der Waals surface area contributed by atoms with E-state index in [9.17, 15) is 14.7 Å². The molecule has 2 aromatic rings. The highest BCUT2D eigenvalue weighted by atomic mass is 32.2. The molecule has 1 fully saturated rings. The zero-order valence-electron chi connectivity index (χ0n) is 16.2. The number of carboxylic acids is 1. The van der Waals surface area contributed by atoms with Gasteiger partial charge in [0.1, 0.15) is 12.6 Å². The molecule has 152 valence electrons. The fourth-order valence-electron chi connectivity index (χ4n) is 4.26. The molecule has 0 aromatic heterocycles. The lowest BCUT2D eigenvalue weighted by atomic mass is 9.98. The Morgan fingerprint density at radius 1 is 1.07 bits per heavy atom. The van der Waals surface area contributed by atoms with Crippen LogP contribution >= 0.6 is 11.8 Å². The maximum Gasteiger partial charge on any atom is 0.407 e. The molecule has 0 radical (unpaired) electrons. The Morgan fingerprint density at radius 3 is 2.31 bits per heavy atom. The van der Waals surface area contributed by atoms with Crippen molar-refractivity contribution in [1.82, 2.24) is 5.32 Å². The van der Waals surface area contributed by atoms with Gasteiger partial charge in [-0.1, -0.05) is 55.0 Å². The first-order valence-corrected chi connectivity index (χ1v) is 11.1. The van der Waals surface area contributed by atoms with Crippen molar-refractivity contribution in [2.45, 2.75) is 42.9 Å². The largest absolute Gasteiger partial charge is 0.480 e. The number of ether oxygens (including phenoxy) is 1. The molecule has 2 aliphatic rings. The molecule has 2 N–H and O–H groups in total. The van der Waals surface area contributed by atoms with Crippen LogP contribution in [-0.4, -0.2) is 40.8 Å². The van der Waals surface area contributed by atoms with Crippen LogP contribution in [0, 0.1) is 0 Å². The molecule has 29 heavy (non-hydrogen) atoms. The summed E-state index contributed by atoms with van der Waals surface area (Å²) in [5.41, 5.74) is 4.59. The second-order valence-electron chi connectivity index (χ2n) is 7.58. The van der Waals surface area contributed by atoms with Crippen molar-refractivity contribution in [3.63, 3.8) is 0 Å². The number of benzene rings is 2. The third-order valence-corrected chi connectivity index (χ3v) is 7.13. The van der Waals surface area contributed by atoms with Crippen molar-refractivity contribution >= 4 is 23.8 Å². The third-order valence-electron chi connectivity index (χ3n) is 5.71. The Labute approximate surface area is 174 Å². The van der Waals surface area contributed by atoms with E-state index in [-0.39, 0.29) is 17.8 Å². The maximum absolute atomic E-state index is 12.4. The van der Waals surface area contributed by atoms with Crippen molar-refractivity contribution in [3.05, 3.63) is 59.7 Å². The van der Waals surface area contributed by atoms with E-state index >= 15 is 0 Å². The quantitative estimate of drug-likeness (QED) is 0.723. The van der Waals surface area contributed by atoms with Gasteiger partial charge in [0, 0.05) is 11.2 Å². The zero-order valence-corrected chi connectivity index (χ0v) is 17.0. The normalized spacial score (nSPS) is 19.1. The molecular formula is C23H25NO4S. The molecule has 5 nitrogen and oxygen atoms in total. The smallest absolute Gasteiger partial charge is 0.407 e. The van der Waals surface area contributed by atoms with Crippen LogP contribution in [0.5, 0.6) is 0 Å². The summed E-state index contributed by atoms with van der Waals surface area (Å²) < 4.78 is 5.49. The van der Waals surface area contributed by atoms with Gasteiger partial charge in [0.15, 0.2) is 0 Å². The van der Waals surface area contributed by atoms with Gasteiger partial charge in [-0.25, -0.2) is 9.59 Å². The SMILES string of the molecule is O=C(N[C@H](CC1CCCCS1)C(=O)O)OCC1c2ccccc2-c2ccccc21. The number of carbonyl (C=O) groups excluding carboxylic acids is 1. The average Bonchev–Trinajstić information content (AvgIpc) is 3.06. The molecule has 2 atom stereocenters. The number of hydrogen-bond acceptors (Lipinski definition) is 4. The molecule has 1 aliphatic carbocycles. The number of aliphatic carboxylic acids is 1. The van der Waals surface area contributed by atoms with E-state index in [1.807, 2.05) is 24.3 Å². The summed E-state index contributed by atoms with van der Waals surface area (Å²) in [6.07, 6.45) is 3.07. The minimum Gasteiger partial charge on any atom is -0.480 e. The first-order chi connectivity index (χ1) is 14.1. The average molecular weight is 412 g/mol. The minimum absolute atomic E-state index is 0.0367. The number of amides is 1. The van der Waals surface area contributed by atoms with Gasteiger partial charge in [0.2, 0.25) is 0 Å². The Hall–Kier alpha value is -2.47. The highest BCUT2D eigenvalue weighted by Gasteiger charge is 2.30. The number of alkyl carbamates (subject to hydrolysis) is 1. The van der Waals surface area contributed by atoms with Crippen LogP contribution in [0.2, 0.25) is 0 Å². The summed E-state index contributed by atoms with van der Waals surface area (Å²) in [6.45, 7) is 0.185. The van der Waals surface area contributed by atoms with E-state index < -0.39 is 18.1 Å². The molecule has 6 heteroatoms. The number of hydrogen-bond donors (Lipinski definition) is 2. The van der Waals surface area contributed by atoms with E-state index in [0.29, 0.717) is 6.42 Å². The van der Waals surface area contributed by atoms with Crippen LogP contribution in [-0.2, 0) is 9.53 Å². The Balaban J connectivity index is 1.39. The van der Waals surface area contributed by atoms with E-state index in [2.05, 4.69) is 29.6 Å². The fraction of sp³-hybridized carbons (Fsp3) is 0.391. The molecule has 4 rings (SSSR count). The first-order valence-electron chi connectivity index (χ1n) is 10.1. The predicted octanol–water partition coefficient (Wildman–Crippen LogP) is 4.65. The highest BCUT2D eigenvalue weighted by molar-refractivity contribution is 7.99. The number of rotatable bonds is 6. The molecule has 1 saturated heterocycles. The van der Waals surface area contributed by atoms with Gasteiger partial charge < -0.3 is 15.2 Å². The summed E-state index contributed by atoms with van der Waals surface area (Å²) in [4.78, 5) is 24.0. The Kier molecular flexibility index (Phi) is 6.09. The van der Waals surface area contributed by atoms with Crippen LogP contribution in [0.4, 0.5) is 4.79 Å². The molecule has 1 aliphatic heterocycles. The lowest BCUT2D eigenvalue weighted by molar-refractivity contribution is -0.139. The Morgan fingerprint density at radius 2 is 1.72 bits per heavy atom. The highest BCUT2D eigenvalue weighted by Crippen LogP contribution is 2.44. The van der Waals surface area contributed by atoms with Gasteiger partial charge in [0.05, 0.1) is 0 Å². The van der Waals surface area contributed by atoms with E-state index in [0.717, 1.165) is 40.8 Å². The van der Waals surface area contributed by atoms with Crippen LogP contribution in [0.25, 0.3) is 11.1 Å². The summed E-state index contributed by atoms with van der Waals surface area (Å²) in [6, 6.07) is 15.3. The van der Waals surface area contributed by atoms with Crippen LogP contribution in [0.15, 0.2) is 48.5 Å². The van der Waals surface area contributed by atoms with Crippen molar-refractivity contribution < 1.29 is 19.4 Å². The lowest BCUT2D eigenvalue weighted by Gasteiger charge is -2.24. The number of nitrogens with one attached hydrogen (secondary N) is 1. The van der Waals surface area contributed by atoms with Crippen molar-refractivity contribution in [3.8, 4) is 11.1 Å². The minimum atomic E-state index is -1.01. The predicted molar refractivity (Wildman–Crippen MR) is 114 cm³/mol. The van der Waals surface area contributed by atoms with Crippen molar-refractivity contribution in [1.29, 1.82) is 0 Å². The molecule has 0 saturated carbocycles. The van der Waals surface area contributed by atoms with E-state index in [1.165, 1.54) is 6.42 Å².